The largest absolute Gasteiger partial charge is 0.355 e. The minimum atomic E-state index is -0.750. The average Bonchev–Trinajstić information content (AvgIpc) is 2.90. The highest BCUT2D eigenvalue weighted by atomic mass is 35.5. The molecule has 2 aromatic carbocycles. The quantitative estimate of drug-likeness (QED) is 0.299. The first-order valence-electron chi connectivity index (χ1n) is 13.5. The van der Waals surface area contributed by atoms with Crippen molar-refractivity contribution in [3.8, 4) is 0 Å². The number of aryl methyl sites for hydroxylation is 1. The van der Waals surface area contributed by atoms with Gasteiger partial charge in [0, 0.05) is 11.6 Å². The standard InChI is InChI=1S/C9H15N3O4.C8H8ClNO.C7H8.C4H10.C3H8/c1-6(14)3-11-9(16)7(2)12-8(15)4-10-5-13;9-8-3-1-2-7(4-8)5-10-6-11;1-7-5-3-2-4-6-7;1-4(2)3;1-3-2/h5,7H,3-4H2,1-2H3,(H,10,13)(H,11,16)(H,12,15);1-4,6H,5H2,(H,10,11);2-6H,1H3;4H,1-3H3;3H2,1-2H3. The number of benzene rings is 2. The summed E-state index contributed by atoms with van der Waals surface area (Å²) < 4.78 is 0. The van der Waals surface area contributed by atoms with Crippen LogP contribution in [0.2, 0.25) is 5.02 Å². The summed E-state index contributed by atoms with van der Waals surface area (Å²) in [4.78, 5) is 52.8. The Morgan fingerprint density at radius 2 is 1.39 bits per heavy atom. The Labute approximate surface area is 251 Å². The van der Waals surface area contributed by atoms with Crippen molar-refractivity contribution in [2.45, 2.75) is 74.4 Å². The summed E-state index contributed by atoms with van der Waals surface area (Å²) in [6.45, 7) is 15.9. The van der Waals surface area contributed by atoms with E-state index in [1.165, 1.54) is 25.8 Å². The molecule has 0 aliphatic rings. The molecule has 0 saturated heterocycles. The van der Waals surface area contributed by atoms with Crippen molar-refractivity contribution in [1.29, 1.82) is 0 Å². The fraction of sp³-hybridized carbons (Fsp3) is 0.452. The van der Waals surface area contributed by atoms with E-state index in [1.807, 2.05) is 36.4 Å². The van der Waals surface area contributed by atoms with Crippen molar-refractivity contribution in [2.24, 2.45) is 5.92 Å². The van der Waals surface area contributed by atoms with Gasteiger partial charge in [-0.1, -0.05) is 101 Å². The Hall–Kier alpha value is -3.72. The zero-order valence-electron chi connectivity index (χ0n) is 25.8. The molecule has 0 aliphatic heterocycles. The van der Waals surface area contributed by atoms with Crippen LogP contribution in [0.25, 0.3) is 0 Å². The molecule has 9 nitrogen and oxygen atoms in total. The first-order chi connectivity index (χ1) is 19.3. The summed E-state index contributed by atoms with van der Waals surface area (Å²) >= 11 is 5.71. The van der Waals surface area contributed by atoms with Gasteiger partial charge in [-0.15, -0.1) is 0 Å². The van der Waals surface area contributed by atoms with Gasteiger partial charge in [0.15, 0.2) is 0 Å². The smallest absolute Gasteiger partial charge is 0.242 e. The molecule has 10 heteroatoms. The zero-order chi connectivity index (χ0) is 32.1. The van der Waals surface area contributed by atoms with E-state index in [0.717, 1.165) is 11.5 Å². The third-order valence-corrected chi connectivity index (χ3v) is 4.08. The van der Waals surface area contributed by atoms with Crippen LogP contribution < -0.4 is 21.3 Å². The number of hydrogen-bond donors (Lipinski definition) is 4. The molecule has 41 heavy (non-hydrogen) atoms. The SMILES string of the molecule is CC(=O)CNC(=O)C(C)NC(=O)CNC=O.CC(C)C.CCC.Cc1ccccc1.O=CNCc1cccc(Cl)c1. The third-order valence-electron chi connectivity index (χ3n) is 3.85. The monoisotopic (exact) mass is 592 g/mol. The van der Waals surface area contributed by atoms with E-state index < -0.39 is 17.9 Å². The molecule has 0 aliphatic carbocycles. The van der Waals surface area contributed by atoms with Crippen molar-refractivity contribution in [3.63, 3.8) is 0 Å². The maximum absolute atomic E-state index is 11.3. The topological polar surface area (TPSA) is 133 Å². The molecule has 4 amide bonds. The van der Waals surface area contributed by atoms with Crippen LogP contribution in [0.3, 0.4) is 0 Å². The van der Waals surface area contributed by atoms with E-state index in [9.17, 15) is 24.0 Å². The van der Waals surface area contributed by atoms with Gasteiger partial charge in [0.05, 0.1) is 13.1 Å². The lowest BCUT2D eigenvalue weighted by Gasteiger charge is -2.13. The maximum Gasteiger partial charge on any atom is 0.242 e. The van der Waals surface area contributed by atoms with Crippen molar-refractivity contribution in [1.82, 2.24) is 21.3 Å². The minimum absolute atomic E-state index is 0.0639. The number of nitrogens with one attached hydrogen (secondary N) is 4. The highest BCUT2D eigenvalue weighted by Gasteiger charge is 2.14. The molecule has 2 aromatic rings. The van der Waals surface area contributed by atoms with Gasteiger partial charge in [0.2, 0.25) is 24.6 Å². The van der Waals surface area contributed by atoms with E-state index >= 15 is 0 Å². The number of halogens is 1. The molecule has 0 aromatic heterocycles. The second-order valence-electron chi connectivity index (χ2n) is 9.43. The lowest BCUT2D eigenvalue weighted by molar-refractivity contribution is -0.129. The van der Waals surface area contributed by atoms with E-state index in [4.69, 9.17) is 11.6 Å². The van der Waals surface area contributed by atoms with Gasteiger partial charge in [-0.2, -0.15) is 0 Å². The van der Waals surface area contributed by atoms with Crippen LogP contribution in [-0.2, 0) is 30.5 Å². The predicted octanol–water partition coefficient (Wildman–Crippen LogP) is 4.60. The van der Waals surface area contributed by atoms with E-state index in [1.54, 1.807) is 6.07 Å². The summed E-state index contributed by atoms with van der Waals surface area (Å²) in [6.07, 6.45) is 2.31. The highest BCUT2D eigenvalue weighted by Crippen LogP contribution is 2.09. The molecule has 0 bridgehead atoms. The lowest BCUT2D eigenvalue weighted by atomic mass is 10.2. The predicted molar refractivity (Wildman–Crippen MR) is 167 cm³/mol. The lowest BCUT2D eigenvalue weighted by Crippen LogP contribution is -2.48. The third kappa shape index (κ3) is 34.3. The molecule has 1 unspecified atom stereocenters. The van der Waals surface area contributed by atoms with E-state index in [2.05, 4.69) is 74.9 Å². The Bertz CT molecular complexity index is 969. The fourth-order valence-electron chi connectivity index (χ4n) is 2.20. The Morgan fingerprint density at radius 1 is 0.854 bits per heavy atom. The molecule has 0 heterocycles. The summed E-state index contributed by atoms with van der Waals surface area (Å²) in [5, 5.41) is 10.1. The molecule has 230 valence electrons. The number of carbonyl (C=O) groups excluding carboxylic acids is 5. The number of amides is 4. The van der Waals surface area contributed by atoms with Gasteiger partial charge in [0.25, 0.3) is 0 Å². The van der Waals surface area contributed by atoms with Gasteiger partial charge in [0.1, 0.15) is 11.8 Å². The average molecular weight is 593 g/mol. The Kier molecular flexibility index (Phi) is 29.8. The fourth-order valence-corrected chi connectivity index (χ4v) is 2.41. The number of carbonyl (C=O) groups is 5. The van der Waals surface area contributed by atoms with Crippen LogP contribution in [0.15, 0.2) is 54.6 Å². The zero-order valence-corrected chi connectivity index (χ0v) is 26.5. The summed E-state index contributed by atoms with van der Waals surface area (Å²) in [6, 6.07) is 16.9. The molecular formula is C31H49ClN4O5. The molecule has 0 fully saturated rings. The van der Waals surface area contributed by atoms with Gasteiger partial charge >= 0.3 is 0 Å². The molecule has 0 saturated carbocycles. The molecule has 0 radical (unpaired) electrons. The molecule has 2 rings (SSSR count). The minimum Gasteiger partial charge on any atom is -0.355 e. The molecule has 4 N–H and O–H groups in total. The molecular weight excluding hydrogens is 544 g/mol. The second-order valence-corrected chi connectivity index (χ2v) is 9.87. The normalized spacial score (nSPS) is 9.61. The molecule has 1 atom stereocenters. The van der Waals surface area contributed by atoms with Crippen LogP contribution in [0.4, 0.5) is 0 Å². The van der Waals surface area contributed by atoms with Gasteiger partial charge in [-0.3, -0.25) is 24.0 Å². The molecule has 0 spiro atoms. The first kappa shape index (κ1) is 41.8. The van der Waals surface area contributed by atoms with Crippen LogP contribution in [-0.4, -0.2) is 49.5 Å². The van der Waals surface area contributed by atoms with E-state index in [0.29, 0.717) is 24.4 Å². The van der Waals surface area contributed by atoms with Crippen LogP contribution in [0.5, 0.6) is 0 Å². The Morgan fingerprint density at radius 3 is 1.80 bits per heavy atom. The van der Waals surface area contributed by atoms with Gasteiger partial charge < -0.3 is 21.3 Å². The van der Waals surface area contributed by atoms with Gasteiger partial charge in [-0.25, -0.2) is 0 Å². The number of Topliss-reactive ketones (excluding diaryl/α,β-unsaturated/α-hetero) is 1. The van der Waals surface area contributed by atoms with E-state index in [-0.39, 0.29) is 18.9 Å². The van der Waals surface area contributed by atoms with Crippen LogP contribution >= 0.6 is 11.6 Å². The number of ketones is 1. The summed E-state index contributed by atoms with van der Waals surface area (Å²) in [5.41, 5.74) is 2.33. The van der Waals surface area contributed by atoms with Crippen molar-refractivity contribution < 1.29 is 24.0 Å². The Balaban J connectivity index is -0.000000496. The van der Waals surface area contributed by atoms with Crippen molar-refractivity contribution in [2.75, 3.05) is 13.1 Å². The number of rotatable bonds is 10. The second kappa shape index (κ2) is 29.3. The van der Waals surface area contributed by atoms with Gasteiger partial charge in [-0.05, 0) is 44.4 Å². The van der Waals surface area contributed by atoms with Crippen molar-refractivity contribution >= 4 is 42.0 Å². The van der Waals surface area contributed by atoms with Crippen LogP contribution in [0, 0.1) is 12.8 Å². The van der Waals surface area contributed by atoms with Crippen LogP contribution in [0.1, 0.15) is 66.0 Å². The maximum atomic E-state index is 11.3. The number of hydrogen-bond acceptors (Lipinski definition) is 5. The first-order valence-corrected chi connectivity index (χ1v) is 13.9. The highest BCUT2D eigenvalue weighted by molar-refractivity contribution is 6.30. The summed E-state index contributed by atoms with van der Waals surface area (Å²) in [7, 11) is 0. The van der Waals surface area contributed by atoms with Crippen molar-refractivity contribution in [3.05, 3.63) is 70.7 Å². The summed E-state index contributed by atoms with van der Waals surface area (Å²) in [5.74, 6) is -0.262.